The zero-order valence-corrected chi connectivity index (χ0v) is 27.2. The highest BCUT2D eigenvalue weighted by molar-refractivity contribution is 14.2. The van der Waals surface area contributed by atoms with Crippen molar-refractivity contribution in [3.63, 3.8) is 0 Å². The minimum absolute atomic E-state index is 0.0310. The predicted molar refractivity (Wildman–Crippen MR) is 168 cm³/mol. The van der Waals surface area contributed by atoms with Crippen molar-refractivity contribution in [1.29, 1.82) is 0 Å². The molecule has 5 rings (SSSR count). The number of carbonyl (C=O) groups is 1. The number of nitrogens with one attached hydrogen (secondary N) is 2. The van der Waals surface area contributed by atoms with Gasteiger partial charge in [-0.25, -0.2) is 32.5 Å². The number of nitrogens with zero attached hydrogens (tertiary/aromatic N) is 5. The number of pyridine rings is 1. The van der Waals surface area contributed by atoms with Crippen LogP contribution in [0.1, 0.15) is 46.4 Å². The molecule has 8 nitrogen and oxygen atoms in total. The lowest BCUT2D eigenvalue weighted by Crippen LogP contribution is -2.18. The molecule has 1 aliphatic rings. The van der Waals surface area contributed by atoms with Gasteiger partial charge in [-0.15, -0.1) is 11.8 Å². The summed E-state index contributed by atoms with van der Waals surface area (Å²) in [5, 5.41) is 5.65. The fourth-order valence-electron chi connectivity index (χ4n) is 3.90. The SMILES string of the molecule is CC.CC.CSc1cc(-c2cncn2C)ccc1Nc1cc(NC(=O)C2CC2(F)F)nc2c1nc(C(F)F)n2PI. The van der Waals surface area contributed by atoms with Crippen LogP contribution < -0.4 is 10.6 Å². The molecule has 1 fully saturated rings. The van der Waals surface area contributed by atoms with Gasteiger partial charge < -0.3 is 15.2 Å². The van der Waals surface area contributed by atoms with Gasteiger partial charge in [0.15, 0.2) is 11.5 Å². The van der Waals surface area contributed by atoms with E-state index in [1.807, 2.05) is 85.8 Å². The minimum Gasteiger partial charge on any atom is -0.353 e. The van der Waals surface area contributed by atoms with Gasteiger partial charge in [-0.1, -0.05) is 33.8 Å². The van der Waals surface area contributed by atoms with Crippen molar-refractivity contribution in [2.75, 3.05) is 16.9 Å². The van der Waals surface area contributed by atoms with Crippen LogP contribution in [0.2, 0.25) is 0 Å². The summed E-state index contributed by atoms with van der Waals surface area (Å²) in [6, 6.07) is 7.12. The second-order valence-electron chi connectivity index (χ2n) is 8.35. The Bertz CT molecular complexity index is 1510. The zero-order valence-electron chi connectivity index (χ0n) is 23.3. The number of alkyl halides is 4. The molecule has 3 heterocycles. The molecule has 2 N–H and O–H groups in total. The summed E-state index contributed by atoms with van der Waals surface area (Å²) in [5.41, 5.74) is 3.12. The number of carbonyl (C=O) groups excluding carboxylic acids is 1. The molecule has 1 aliphatic carbocycles. The number of amides is 1. The molecule has 2 unspecified atom stereocenters. The van der Waals surface area contributed by atoms with Crippen LogP contribution in [-0.2, 0) is 11.8 Å². The maximum Gasteiger partial charge on any atom is 0.295 e. The van der Waals surface area contributed by atoms with Crippen LogP contribution in [0.5, 0.6) is 0 Å². The van der Waals surface area contributed by atoms with Crippen molar-refractivity contribution in [3.05, 3.63) is 42.6 Å². The second kappa shape index (κ2) is 14.1. The number of hydrogen-bond donors (Lipinski definition) is 2. The molecule has 41 heavy (non-hydrogen) atoms. The number of fused-ring (bicyclic) bond motifs is 1. The molecule has 0 radical (unpaired) electrons. The lowest BCUT2D eigenvalue weighted by molar-refractivity contribution is -0.119. The van der Waals surface area contributed by atoms with Crippen molar-refractivity contribution in [3.8, 4) is 11.3 Å². The third-order valence-corrected chi connectivity index (χ3v) is 8.73. The summed E-state index contributed by atoms with van der Waals surface area (Å²) in [4.78, 5) is 25.8. The first-order valence-corrected chi connectivity index (χ1v) is 18.1. The average Bonchev–Trinajstić information content (AvgIpc) is 3.26. The highest BCUT2D eigenvalue weighted by Gasteiger charge is 2.61. The summed E-state index contributed by atoms with van der Waals surface area (Å²) in [6.45, 7) is 8.00. The van der Waals surface area contributed by atoms with E-state index in [1.165, 1.54) is 22.2 Å². The summed E-state index contributed by atoms with van der Waals surface area (Å²) in [6.07, 6.45) is 1.81. The van der Waals surface area contributed by atoms with E-state index in [1.54, 1.807) is 12.5 Å². The summed E-state index contributed by atoms with van der Waals surface area (Å²) in [7, 11) is 1.89. The van der Waals surface area contributed by atoms with Gasteiger partial charge in [0.25, 0.3) is 12.3 Å². The van der Waals surface area contributed by atoms with Gasteiger partial charge in [0.2, 0.25) is 5.91 Å². The molecule has 1 amide bonds. The van der Waals surface area contributed by atoms with E-state index in [0.29, 0.717) is 11.4 Å². The summed E-state index contributed by atoms with van der Waals surface area (Å²) < 4.78 is 57.5. The third kappa shape index (κ3) is 7.14. The molecule has 0 saturated heterocycles. The molecule has 3 aromatic heterocycles. The van der Waals surface area contributed by atoms with E-state index in [9.17, 15) is 22.4 Å². The lowest BCUT2D eigenvalue weighted by atomic mass is 10.1. The van der Waals surface area contributed by atoms with Crippen molar-refractivity contribution in [2.45, 2.75) is 51.4 Å². The normalized spacial score (nSPS) is 15.4. The Morgan fingerprint density at radius 3 is 2.39 bits per heavy atom. The Balaban J connectivity index is 0.00000111. The average molecular weight is 724 g/mol. The van der Waals surface area contributed by atoms with Gasteiger partial charge in [0, 0.05) is 30.0 Å². The number of benzene rings is 1. The molecule has 4 aromatic rings. The Hall–Kier alpha value is -2.45. The van der Waals surface area contributed by atoms with Crippen LogP contribution in [0.15, 0.2) is 41.7 Å². The van der Waals surface area contributed by atoms with Gasteiger partial charge in [-0.2, -0.15) is 0 Å². The third-order valence-electron chi connectivity index (χ3n) is 5.90. The smallest absolute Gasteiger partial charge is 0.295 e. The van der Waals surface area contributed by atoms with Crippen LogP contribution in [0.3, 0.4) is 0 Å². The fraction of sp³-hybridized carbons (Fsp3) is 0.385. The van der Waals surface area contributed by atoms with Gasteiger partial charge >= 0.3 is 0 Å². The van der Waals surface area contributed by atoms with Crippen LogP contribution in [0.25, 0.3) is 22.4 Å². The largest absolute Gasteiger partial charge is 0.353 e. The highest BCUT2D eigenvalue weighted by atomic mass is 127. The predicted octanol–water partition coefficient (Wildman–Crippen LogP) is 8.67. The molecule has 0 spiro atoms. The highest BCUT2D eigenvalue weighted by Crippen LogP contribution is 2.49. The van der Waals surface area contributed by atoms with E-state index < -0.39 is 36.4 Å². The van der Waals surface area contributed by atoms with Crippen LogP contribution in [-0.4, -0.2) is 41.9 Å². The van der Waals surface area contributed by atoms with Crippen LogP contribution >= 0.6 is 40.2 Å². The topological polar surface area (TPSA) is 89.7 Å². The number of aryl methyl sites for hydroxylation is 1. The number of thioether (sulfide) groups is 1. The summed E-state index contributed by atoms with van der Waals surface area (Å²) in [5.74, 6) is -5.85. The quantitative estimate of drug-likeness (QED) is 0.0819. The maximum absolute atomic E-state index is 13.8. The molecule has 15 heteroatoms. The van der Waals surface area contributed by atoms with Gasteiger partial charge in [0.1, 0.15) is 17.3 Å². The van der Waals surface area contributed by atoms with Gasteiger partial charge in [0.05, 0.1) is 36.0 Å². The molecule has 0 aliphatic heterocycles. The standard InChI is InChI=1S/C22H19F4IN7OPS.2C2H6/c1-33-9-28-8-14(33)10-3-4-12(15(5-10)37-2)29-13-6-16(31-21(35)11-7-22(11,25)26)30-19-17(13)32-20(18(23)24)34(19)36-27;2*1-2/h3-6,8-9,11,18,36H,7H2,1-2H3,(H2,29,30,31,35);2*1-2H3. The first-order chi connectivity index (χ1) is 19.6. The first kappa shape index (κ1) is 33.1. The van der Waals surface area contributed by atoms with Crippen LogP contribution in [0.4, 0.5) is 34.8 Å². The monoisotopic (exact) mass is 723 g/mol. The molecule has 222 valence electrons. The number of halogens is 5. The van der Waals surface area contributed by atoms with E-state index in [4.69, 9.17) is 0 Å². The first-order valence-electron chi connectivity index (χ1n) is 12.8. The second-order valence-corrected chi connectivity index (χ2v) is 11.3. The van der Waals surface area contributed by atoms with Gasteiger partial charge in [-0.3, -0.25) is 9.13 Å². The number of aromatic nitrogens is 5. The Morgan fingerprint density at radius 1 is 1.17 bits per heavy atom. The molecule has 2 atom stereocenters. The van der Waals surface area contributed by atoms with E-state index >= 15 is 0 Å². The molecule has 0 bridgehead atoms. The molecular weight excluding hydrogens is 692 g/mol. The van der Waals surface area contributed by atoms with Crippen molar-refractivity contribution in [1.82, 2.24) is 23.9 Å². The minimum atomic E-state index is -3.05. The lowest BCUT2D eigenvalue weighted by Gasteiger charge is -2.14. The zero-order chi connectivity index (χ0) is 30.5. The number of imidazole rings is 2. The fourth-order valence-corrected chi connectivity index (χ4v) is 6.38. The molecule has 1 aromatic carbocycles. The number of rotatable bonds is 8. The molecule has 1 saturated carbocycles. The molecular formula is C26H31F4IN7OPS. The van der Waals surface area contributed by atoms with E-state index in [2.05, 4.69) is 25.6 Å². The maximum atomic E-state index is 13.8. The summed E-state index contributed by atoms with van der Waals surface area (Å²) >= 11 is 3.41. The van der Waals surface area contributed by atoms with E-state index in [0.717, 1.165) is 16.2 Å². The van der Waals surface area contributed by atoms with Crippen LogP contribution in [0, 0.1) is 5.92 Å². The van der Waals surface area contributed by atoms with Crippen molar-refractivity contribution >= 4 is 74.4 Å². The number of hydrogen-bond acceptors (Lipinski definition) is 6. The van der Waals surface area contributed by atoms with Crippen molar-refractivity contribution in [2.24, 2.45) is 13.0 Å². The Morgan fingerprint density at radius 2 is 1.85 bits per heavy atom. The van der Waals surface area contributed by atoms with Gasteiger partial charge in [-0.05, 0) is 40.4 Å². The Labute approximate surface area is 254 Å². The van der Waals surface area contributed by atoms with Crippen molar-refractivity contribution < 1.29 is 22.4 Å². The Kier molecular flexibility index (Phi) is 11.4. The number of anilines is 3. The van der Waals surface area contributed by atoms with E-state index in [-0.39, 0.29) is 23.4 Å².